The van der Waals surface area contributed by atoms with Crippen molar-refractivity contribution in [2.45, 2.75) is 19.9 Å². The smallest absolute Gasteiger partial charge is 0.262 e. The van der Waals surface area contributed by atoms with E-state index in [0.717, 1.165) is 0 Å². The van der Waals surface area contributed by atoms with Crippen molar-refractivity contribution in [1.82, 2.24) is 15.5 Å². The second-order valence-electron chi connectivity index (χ2n) is 4.24. The van der Waals surface area contributed by atoms with Crippen molar-refractivity contribution in [2.75, 3.05) is 0 Å². The Morgan fingerprint density at radius 2 is 1.32 bits per heavy atom. The highest BCUT2D eigenvalue weighted by atomic mass is 32.1. The lowest BCUT2D eigenvalue weighted by atomic mass is 10.1. The summed E-state index contributed by atoms with van der Waals surface area (Å²) in [5, 5.41) is 4.29. The minimum absolute atomic E-state index is 0.146. The van der Waals surface area contributed by atoms with Gasteiger partial charge in [0.05, 0.1) is 11.1 Å². The van der Waals surface area contributed by atoms with Crippen LogP contribution in [0, 0.1) is 0 Å². The Hall–Kier alpha value is -2.61. The molecule has 2 aliphatic heterocycles. The summed E-state index contributed by atoms with van der Waals surface area (Å²) in [7, 11) is 0. The molecule has 0 unspecified atom stereocenters. The predicted molar refractivity (Wildman–Crippen MR) is 81.0 cm³/mol. The minimum atomic E-state index is -1.55. The van der Waals surface area contributed by atoms with Gasteiger partial charge in [0, 0.05) is 0 Å². The molecule has 0 atom stereocenters. The molecule has 8 heteroatoms. The summed E-state index contributed by atoms with van der Waals surface area (Å²) < 4.78 is 0. The second kappa shape index (κ2) is 6.02. The van der Waals surface area contributed by atoms with Crippen LogP contribution in [0.3, 0.4) is 0 Å². The molecule has 0 spiro atoms. The van der Waals surface area contributed by atoms with Crippen molar-refractivity contribution in [3.8, 4) is 0 Å². The van der Waals surface area contributed by atoms with Gasteiger partial charge in [0.25, 0.3) is 23.6 Å². The molecule has 0 radical (unpaired) electrons. The number of nitrogens with zero attached hydrogens (tertiary/aromatic N) is 1. The van der Waals surface area contributed by atoms with Gasteiger partial charge in [-0.3, -0.25) is 24.1 Å². The van der Waals surface area contributed by atoms with Gasteiger partial charge in [0.1, 0.15) is 0 Å². The van der Waals surface area contributed by atoms with Crippen LogP contribution in [-0.2, 0) is 9.59 Å². The molecule has 1 saturated heterocycles. The predicted octanol–water partition coefficient (Wildman–Crippen LogP) is 0.208. The Morgan fingerprint density at radius 3 is 1.73 bits per heavy atom. The van der Waals surface area contributed by atoms with Crippen LogP contribution in [0.1, 0.15) is 34.6 Å². The molecule has 2 heterocycles. The molecular weight excluding hydrogens is 306 g/mol. The summed E-state index contributed by atoms with van der Waals surface area (Å²) in [5.41, 5.74) is 0.345. The van der Waals surface area contributed by atoms with Crippen LogP contribution in [0.5, 0.6) is 0 Å². The monoisotopic (exact) mass is 319 g/mol. The van der Waals surface area contributed by atoms with Crippen molar-refractivity contribution < 1.29 is 19.2 Å². The van der Waals surface area contributed by atoms with Crippen LogP contribution < -0.4 is 10.6 Å². The highest BCUT2D eigenvalue weighted by molar-refractivity contribution is 7.80. The molecule has 2 aliphatic rings. The molecule has 1 fully saturated rings. The number of amides is 4. The molecule has 3 rings (SSSR count). The topological polar surface area (TPSA) is 95.6 Å². The maximum absolute atomic E-state index is 12.2. The summed E-state index contributed by atoms with van der Waals surface area (Å²) in [6.45, 7) is 4.00. The van der Waals surface area contributed by atoms with E-state index in [2.05, 4.69) is 22.9 Å². The fourth-order valence-corrected chi connectivity index (χ4v) is 2.39. The SMILES string of the molecule is CC.O=C1NC(=S)NC(=O)C1N1C(=O)c2ccccc2C1=O. The normalized spacial score (nSPS) is 17.5. The molecule has 22 heavy (non-hydrogen) atoms. The summed E-state index contributed by atoms with van der Waals surface area (Å²) in [5.74, 6) is -2.94. The van der Waals surface area contributed by atoms with E-state index in [1.165, 1.54) is 12.1 Å². The molecule has 4 amide bonds. The molecule has 1 aromatic rings. The first-order chi connectivity index (χ1) is 10.5. The van der Waals surface area contributed by atoms with E-state index >= 15 is 0 Å². The maximum Gasteiger partial charge on any atom is 0.262 e. The molecule has 7 nitrogen and oxygen atoms in total. The summed E-state index contributed by atoms with van der Waals surface area (Å²) >= 11 is 4.66. The van der Waals surface area contributed by atoms with Crippen LogP contribution in [0.15, 0.2) is 24.3 Å². The number of benzene rings is 1. The molecular formula is C14H13N3O4S. The molecule has 0 aliphatic carbocycles. The van der Waals surface area contributed by atoms with Crippen molar-refractivity contribution in [1.29, 1.82) is 0 Å². The Morgan fingerprint density at radius 1 is 0.909 bits per heavy atom. The van der Waals surface area contributed by atoms with Crippen LogP contribution in [0.4, 0.5) is 0 Å². The van der Waals surface area contributed by atoms with Crippen molar-refractivity contribution >= 4 is 41.0 Å². The number of carbonyl (C=O) groups is 4. The number of fused-ring (bicyclic) bond motifs is 1. The van der Waals surface area contributed by atoms with Crippen LogP contribution >= 0.6 is 12.2 Å². The third-order valence-corrected chi connectivity index (χ3v) is 3.26. The first kappa shape index (κ1) is 15.8. The number of hydrogen-bond donors (Lipinski definition) is 2. The maximum atomic E-state index is 12.2. The van der Waals surface area contributed by atoms with Gasteiger partial charge in [0.2, 0.25) is 0 Å². The quantitative estimate of drug-likeness (QED) is 0.438. The van der Waals surface area contributed by atoms with Gasteiger partial charge in [-0.2, -0.15) is 0 Å². The van der Waals surface area contributed by atoms with E-state index in [9.17, 15) is 19.2 Å². The minimum Gasteiger partial charge on any atom is -0.301 e. The lowest BCUT2D eigenvalue weighted by Gasteiger charge is -2.28. The van der Waals surface area contributed by atoms with Gasteiger partial charge < -0.3 is 10.6 Å². The number of rotatable bonds is 1. The largest absolute Gasteiger partial charge is 0.301 e. The summed E-state index contributed by atoms with van der Waals surface area (Å²) in [4.78, 5) is 48.7. The average Bonchev–Trinajstić information content (AvgIpc) is 2.74. The molecule has 0 bridgehead atoms. The molecule has 0 saturated carbocycles. The Labute approximate surface area is 131 Å². The molecule has 0 aromatic heterocycles. The van der Waals surface area contributed by atoms with E-state index in [-0.39, 0.29) is 16.2 Å². The average molecular weight is 319 g/mol. The van der Waals surface area contributed by atoms with Crippen molar-refractivity contribution in [3.05, 3.63) is 35.4 Å². The van der Waals surface area contributed by atoms with Crippen LogP contribution in [0.25, 0.3) is 0 Å². The van der Waals surface area contributed by atoms with E-state index in [1.807, 2.05) is 13.8 Å². The zero-order chi connectivity index (χ0) is 16.4. The zero-order valence-electron chi connectivity index (χ0n) is 11.9. The van der Waals surface area contributed by atoms with Gasteiger partial charge in [-0.1, -0.05) is 26.0 Å². The third kappa shape index (κ3) is 2.37. The lowest BCUT2D eigenvalue weighted by Crippen LogP contribution is -2.65. The highest BCUT2D eigenvalue weighted by Crippen LogP contribution is 2.25. The number of carbonyl (C=O) groups excluding carboxylic acids is 4. The standard InChI is InChI=1S/C12H7N3O4S.C2H6/c16-8-7(9(17)14-12(20)13-8)15-10(18)5-3-1-2-4-6(5)11(15)19;1-2/h1-4,7H,(H2,13,14,16,17,20);1-2H3. The third-order valence-electron chi connectivity index (χ3n) is 3.05. The van der Waals surface area contributed by atoms with E-state index in [1.54, 1.807) is 12.1 Å². The second-order valence-corrected chi connectivity index (χ2v) is 4.64. The number of nitrogens with one attached hydrogen (secondary N) is 2. The van der Waals surface area contributed by atoms with Crippen molar-refractivity contribution in [2.24, 2.45) is 0 Å². The molecule has 1 aromatic carbocycles. The van der Waals surface area contributed by atoms with E-state index in [0.29, 0.717) is 4.90 Å². The van der Waals surface area contributed by atoms with Crippen LogP contribution in [0.2, 0.25) is 0 Å². The van der Waals surface area contributed by atoms with Crippen molar-refractivity contribution in [3.63, 3.8) is 0 Å². The van der Waals surface area contributed by atoms with Crippen LogP contribution in [-0.4, -0.2) is 39.7 Å². The van der Waals surface area contributed by atoms with E-state index in [4.69, 9.17) is 0 Å². The first-order valence-electron chi connectivity index (χ1n) is 6.63. The fraction of sp³-hybridized carbons (Fsp3) is 0.214. The Bertz CT molecular complexity index is 646. The number of hydrogen-bond acceptors (Lipinski definition) is 5. The highest BCUT2D eigenvalue weighted by Gasteiger charge is 2.48. The van der Waals surface area contributed by atoms with Gasteiger partial charge in [-0.25, -0.2) is 0 Å². The number of imide groups is 1. The fourth-order valence-electron chi connectivity index (χ4n) is 2.19. The van der Waals surface area contributed by atoms with Gasteiger partial charge >= 0.3 is 0 Å². The summed E-state index contributed by atoms with van der Waals surface area (Å²) in [6, 6.07) is 4.60. The number of thiocarbonyl (C=S) groups is 1. The first-order valence-corrected chi connectivity index (χ1v) is 7.04. The van der Waals surface area contributed by atoms with Gasteiger partial charge in [-0.15, -0.1) is 0 Å². The summed E-state index contributed by atoms with van der Waals surface area (Å²) in [6.07, 6.45) is 0. The van der Waals surface area contributed by atoms with Gasteiger partial charge in [0.15, 0.2) is 11.2 Å². The zero-order valence-corrected chi connectivity index (χ0v) is 12.7. The van der Waals surface area contributed by atoms with E-state index < -0.39 is 29.7 Å². The molecule has 114 valence electrons. The lowest BCUT2D eigenvalue weighted by molar-refractivity contribution is -0.135. The Kier molecular flexibility index (Phi) is 4.32. The van der Waals surface area contributed by atoms with Gasteiger partial charge in [-0.05, 0) is 24.4 Å². The molecule has 2 N–H and O–H groups in total. The Balaban J connectivity index is 0.000000847.